The Kier molecular flexibility index (Phi) is 2.40. The molecule has 13 heavy (non-hydrogen) atoms. The smallest absolute Gasteiger partial charge is 0.0117 e. The zero-order valence-electron chi connectivity index (χ0n) is 8.03. The van der Waals surface area contributed by atoms with E-state index in [1.165, 1.54) is 23.7 Å². The summed E-state index contributed by atoms with van der Waals surface area (Å²) in [5, 5.41) is 1.21. The molecule has 0 saturated carbocycles. The van der Waals surface area contributed by atoms with Crippen molar-refractivity contribution in [2.45, 2.75) is 19.8 Å². The number of aryl methyl sites for hydroxylation is 1. The van der Waals surface area contributed by atoms with Crippen LogP contribution in [-0.2, 0) is 0 Å². The molecule has 0 amide bonds. The third-order valence-electron chi connectivity index (χ3n) is 2.79. The van der Waals surface area contributed by atoms with Crippen LogP contribution in [0, 0.1) is 6.92 Å². The molecule has 1 aromatic carbocycles. The monoisotopic (exact) mass is 195 g/mol. The van der Waals surface area contributed by atoms with Crippen LogP contribution < -0.4 is 5.30 Å². The van der Waals surface area contributed by atoms with E-state index in [0.717, 1.165) is 12.3 Å². The molecule has 2 heteroatoms. The summed E-state index contributed by atoms with van der Waals surface area (Å²) in [6.45, 7) is 2.09. The van der Waals surface area contributed by atoms with E-state index in [9.17, 15) is 4.89 Å². The predicted octanol–water partition coefficient (Wildman–Crippen LogP) is 2.34. The molecule has 1 N–H and O–H groups in total. The Hall–Kier alpha value is -0.390. The molecule has 1 radical (unpaired) electrons. The van der Waals surface area contributed by atoms with Gasteiger partial charge in [-0.1, -0.05) is 23.8 Å². The van der Waals surface area contributed by atoms with Gasteiger partial charge in [0.1, 0.15) is 0 Å². The quantitative estimate of drug-likeness (QED) is 0.682. The molecule has 1 nitrogen and oxygen atoms in total. The maximum Gasteiger partial charge on any atom is 0.0117 e. The van der Waals surface area contributed by atoms with Gasteiger partial charge in [0, 0.05) is 7.49 Å². The van der Waals surface area contributed by atoms with Crippen molar-refractivity contribution in [2.75, 3.05) is 12.3 Å². The molecule has 0 spiro atoms. The van der Waals surface area contributed by atoms with Gasteiger partial charge in [-0.05, 0) is 43.5 Å². The minimum atomic E-state index is -1.70. The van der Waals surface area contributed by atoms with Gasteiger partial charge < -0.3 is 4.89 Å². The molecule has 1 aromatic rings. The van der Waals surface area contributed by atoms with E-state index in [1.807, 2.05) is 0 Å². The number of benzene rings is 1. The summed E-state index contributed by atoms with van der Waals surface area (Å²) in [7, 11) is -1.70. The van der Waals surface area contributed by atoms with Gasteiger partial charge in [-0.15, -0.1) is 0 Å². The first-order chi connectivity index (χ1) is 6.21. The second-order valence-corrected chi connectivity index (χ2v) is 7.17. The van der Waals surface area contributed by atoms with Gasteiger partial charge in [-0.3, -0.25) is 0 Å². The molecule has 1 fully saturated rings. The topological polar surface area (TPSA) is 20.2 Å². The van der Waals surface area contributed by atoms with Crippen molar-refractivity contribution < 1.29 is 4.89 Å². The van der Waals surface area contributed by atoms with Crippen LogP contribution in [0.5, 0.6) is 0 Å². The van der Waals surface area contributed by atoms with Gasteiger partial charge in [0.05, 0.1) is 0 Å². The molecule has 1 aliphatic rings. The molecule has 71 valence electrons. The van der Waals surface area contributed by atoms with Crippen LogP contribution in [0.25, 0.3) is 0 Å². The minimum Gasteiger partial charge on any atom is -0.375 e. The molecule has 2 rings (SSSR count). The van der Waals surface area contributed by atoms with E-state index in [2.05, 4.69) is 31.2 Å². The molecule has 0 atom stereocenters. The average molecular weight is 195 g/mol. The Morgan fingerprint density at radius 3 is 2.54 bits per heavy atom. The highest BCUT2D eigenvalue weighted by Crippen LogP contribution is 2.58. The van der Waals surface area contributed by atoms with E-state index < -0.39 is 7.49 Å². The van der Waals surface area contributed by atoms with Crippen molar-refractivity contribution in [3.8, 4) is 0 Å². The fourth-order valence-corrected chi connectivity index (χ4v) is 5.04. The lowest BCUT2D eigenvalue weighted by atomic mass is 10.2. The van der Waals surface area contributed by atoms with Crippen molar-refractivity contribution in [3.05, 3.63) is 29.8 Å². The van der Waals surface area contributed by atoms with Gasteiger partial charge in [0.25, 0.3) is 0 Å². The van der Waals surface area contributed by atoms with Crippen LogP contribution in [0.3, 0.4) is 0 Å². The molecular weight excluding hydrogens is 179 g/mol. The van der Waals surface area contributed by atoms with Crippen LogP contribution in [0.2, 0.25) is 0 Å². The third kappa shape index (κ3) is 1.77. The Bertz CT molecular complexity index is 303. The van der Waals surface area contributed by atoms with Crippen molar-refractivity contribution in [1.29, 1.82) is 0 Å². The fraction of sp³-hybridized carbons (Fsp3) is 0.455. The highest BCUT2D eigenvalue weighted by molar-refractivity contribution is 7.78. The number of hydrogen-bond acceptors (Lipinski definition) is 1. The molecule has 0 unspecified atom stereocenters. The Labute approximate surface area is 80.2 Å². The summed E-state index contributed by atoms with van der Waals surface area (Å²) in [5.41, 5.74) is 1.26. The zero-order chi connectivity index (χ0) is 9.31. The SMILES string of the molecule is Cc1cccc([P]2(O)CCCC2)c1. The summed E-state index contributed by atoms with van der Waals surface area (Å²) in [5.74, 6) is 0. The van der Waals surface area contributed by atoms with Crippen molar-refractivity contribution in [3.63, 3.8) is 0 Å². The highest BCUT2D eigenvalue weighted by Gasteiger charge is 2.30. The van der Waals surface area contributed by atoms with Gasteiger partial charge >= 0.3 is 0 Å². The minimum absolute atomic E-state index is 1.04. The van der Waals surface area contributed by atoms with Crippen molar-refractivity contribution in [2.24, 2.45) is 0 Å². The van der Waals surface area contributed by atoms with Gasteiger partial charge in [0.2, 0.25) is 0 Å². The van der Waals surface area contributed by atoms with Crippen molar-refractivity contribution in [1.82, 2.24) is 0 Å². The third-order valence-corrected chi connectivity index (χ3v) is 6.14. The Balaban J connectivity index is 2.33. The second-order valence-electron chi connectivity index (χ2n) is 3.92. The second kappa shape index (κ2) is 3.40. The van der Waals surface area contributed by atoms with E-state index in [0.29, 0.717) is 0 Å². The van der Waals surface area contributed by atoms with Crippen LogP contribution >= 0.6 is 7.49 Å². The fourth-order valence-electron chi connectivity index (χ4n) is 2.00. The zero-order valence-corrected chi connectivity index (χ0v) is 8.93. The molecule has 0 bridgehead atoms. The van der Waals surface area contributed by atoms with Crippen molar-refractivity contribution >= 4 is 12.8 Å². The summed E-state index contributed by atoms with van der Waals surface area (Å²) in [6.07, 6.45) is 4.49. The van der Waals surface area contributed by atoms with E-state index in [-0.39, 0.29) is 0 Å². The standard InChI is InChI=1S/C11H16OP/c1-10-5-4-6-11(9-10)13(12)7-2-3-8-13/h4-6,9,12H,2-3,7-8H2,1H3. The number of rotatable bonds is 1. The molecule has 0 aromatic heterocycles. The molecule has 1 saturated heterocycles. The average Bonchev–Trinajstić information content (AvgIpc) is 2.54. The molecule has 1 aliphatic heterocycles. The van der Waals surface area contributed by atoms with E-state index >= 15 is 0 Å². The first-order valence-electron chi connectivity index (χ1n) is 4.88. The lowest BCUT2D eigenvalue weighted by molar-refractivity contribution is 0.617. The first-order valence-corrected chi connectivity index (χ1v) is 6.99. The largest absolute Gasteiger partial charge is 0.375 e. The summed E-state index contributed by atoms with van der Waals surface area (Å²) >= 11 is 0. The first kappa shape index (κ1) is 9.18. The maximum absolute atomic E-state index is 10.4. The predicted molar refractivity (Wildman–Crippen MR) is 58.9 cm³/mol. The lowest BCUT2D eigenvalue weighted by Gasteiger charge is -2.25. The summed E-state index contributed by atoms with van der Waals surface area (Å²) < 4.78 is 0. The molecule has 0 aliphatic carbocycles. The molecule has 1 heterocycles. The lowest BCUT2D eigenvalue weighted by Crippen LogP contribution is -2.12. The summed E-state index contributed by atoms with van der Waals surface area (Å²) in [4.78, 5) is 10.4. The summed E-state index contributed by atoms with van der Waals surface area (Å²) in [6, 6.07) is 8.39. The van der Waals surface area contributed by atoms with Crippen LogP contribution in [0.1, 0.15) is 18.4 Å². The van der Waals surface area contributed by atoms with E-state index in [1.54, 1.807) is 0 Å². The number of hydrogen-bond donors (Lipinski definition) is 1. The van der Waals surface area contributed by atoms with Gasteiger partial charge in [0.15, 0.2) is 0 Å². The van der Waals surface area contributed by atoms with E-state index in [4.69, 9.17) is 0 Å². The molecular formula is C11H16OP. The van der Waals surface area contributed by atoms with Gasteiger partial charge in [-0.2, -0.15) is 0 Å². The van der Waals surface area contributed by atoms with Crippen LogP contribution in [0.15, 0.2) is 24.3 Å². The van der Waals surface area contributed by atoms with Crippen LogP contribution in [0.4, 0.5) is 0 Å². The van der Waals surface area contributed by atoms with Gasteiger partial charge in [-0.25, -0.2) is 0 Å². The Morgan fingerprint density at radius 1 is 1.23 bits per heavy atom. The highest BCUT2D eigenvalue weighted by atomic mass is 31.2. The van der Waals surface area contributed by atoms with Crippen LogP contribution in [-0.4, -0.2) is 17.2 Å². The Morgan fingerprint density at radius 2 is 1.92 bits per heavy atom. The maximum atomic E-state index is 10.4. The normalized spacial score (nSPS) is 20.5.